The number of amides is 2. The Morgan fingerprint density at radius 2 is 1.80 bits per heavy atom. The Balaban J connectivity index is 1.45. The Morgan fingerprint density at radius 1 is 1.06 bits per heavy atom. The fourth-order valence-corrected chi connectivity index (χ4v) is 4.25. The van der Waals surface area contributed by atoms with Crippen LogP contribution in [-0.4, -0.2) is 64.2 Å². The van der Waals surface area contributed by atoms with Gasteiger partial charge in [-0.3, -0.25) is 14.2 Å². The lowest BCUT2D eigenvalue weighted by atomic mass is 10.0. The number of hydrogen-bond acceptors (Lipinski definition) is 7. The quantitative estimate of drug-likeness (QED) is 0.519. The molecule has 35 heavy (non-hydrogen) atoms. The number of pyridine rings is 1. The summed E-state index contributed by atoms with van der Waals surface area (Å²) in [6.07, 6.45) is 1.70. The van der Waals surface area contributed by atoms with Crippen LogP contribution in [0.5, 0.6) is 0 Å². The minimum atomic E-state index is -0.493. The summed E-state index contributed by atoms with van der Waals surface area (Å²) >= 11 is 0. The van der Waals surface area contributed by atoms with Crippen molar-refractivity contribution in [2.24, 2.45) is 0 Å². The van der Waals surface area contributed by atoms with Crippen molar-refractivity contribution in [3.8, 4) is 0 Å². The fourth-order valence-electron chi connectivity index (χ4n) is 4.25. The zero-order valence-corrected chi connectivity index (χ0v) is 20.0. The Hall–Kier alpha value is -3.95. The van der Waals surface area contributed by atoms with Gasteiger partial charge in [-0.1, -0.05) is 30.3 Å². The SMILES string of the molecule is CCOC(=O)CC(NC(=O)N1CCN(c2nc3cccnc3n(CC)c2=O)CC1)c1ccccc1. The van der Waals surface area contributed by atoms with E-state index in [-0.39, 0.29) is 30.6 Å². The van der Waals surface area contributed by atoms with Crippen LogP contribution >= 0.6 is 0 Å². The van der Waals surface area contributed by atoms with Gasteiger partial charge in [0.2, 0.25) is 0 Å². The average Bonchev–Trinajstić information content (AvgIpc) is 2.88. The van der Waals surface area contributed by atoms with Crippen molar-refractivity contribution in [1.29, 1.82) is 0 Å². The molecule has 1 saturated heterocycles. The summed E-state index contributed by atoms with van der Waals surface area (Å²) in [6.45, 7) is 6.22. The van der Waals surface area contributed by atoms with Crippen LogP contribution in [0.1, 0.15) is 31.9 Å². The second-order valence-corrected chi connectivity index (χ2v) is 8.23. The first-order valence-corrected chi connectivity index (χ1v) is 11.9. The third-order valence-corrected chi connectivity index (χ3v) is 6.04. The molecule has 1 aliphatic heterocycles. The number of benzene rings is 1. The number of nitrogens with zero attached hydrogens (tertiary/aromatic N) is 5. The molecule has 0 spiro atoms. The number of aromatic nitrogens is 3. The summed E-state index contributed by atoms with van der Waals surface area (Å²) in [5.74, 6) is 0.00688. The van der Waals surface area contributed by atoms with Gasteiger partial charge in [-0.15, -0.1) is 0 Å². The standard InChI is InChI=1S/C25H30N6O4/c1-3-31-22-19(11-8-12-26-22)27-23(24(31)33)29-13-15-30(16-14-29)25(34)28-20(17-21(32)35-4-2)18-9-6-5-7-10-18/h5-12,20H,3-4,13-17H2,1-2H3,(H,28,34). The molecule has 3 heterocycles. The zero-order chi connectivity index (χ0) is 24.8. The third kappa shape index (κ3) is 5.42. The highest BCUT2D eigenvalue weighted by Crippen LogP contribution is 2.19. The first-order chi connectivity index (χ1) is 17.0. The Bertz CT molecular complexity index is 1240. The molecule has 10 heteroatoms. The minimum Gasteiger partial charge on any atom is -0.466 e. The Morgan fingerprint density at radius 3 is 2.49 bits per heavy atom. The Labute approximate surface area is 203 Å². The van der Waals surface area contributed by atoms with Crippen LogP contribution in [-0.2, 0) is 16.1 Å². The van der Waals surface area contributed by atoms with Gasteiger partial charge in [-0.25, -0.2) is 14.8 Å². The number of hydrogen-bond donors (Lipinski definition) is 1. The number of carbonyl (C=O) groups is 2. The van der Waals surface area contributed by atoms with E-state index in [1.54, 1.807) is 28.7 Å². The monoisotopic (exact) mass is 478 g/mol. The van der Waals surface area contributed by atoms with Gasteiger partial charge in [0.05, 0.1) is 19.1 Å². The predicted octanol–water partition coefficient (Wildman–Crippen LogP) is 2.34. The lowest BCUT2D eigenvalue weighted by Crippen LogP contribution is -2.53. The maximum atomic E-state index is 13.1. The molecular formula is C25H30N6O4. The Kier molecular flexibility index (Phi) is 7.59. The van der Waals surface area contributed by atoms with Crippen molar-refractivity contribution in [2.45, 2.75) is 32.9 Å². The topological polar surface area (TPSA) is 110 Å². The van der Waals surface area contributed by atoms with Crippen LogP contribution in [0.15, 0.2) is 53.5 Å². The van der Waals surface area contributed by atoms with Crippen LogP contribution in [0, 0.1) is 0 Å². The number of ether oxygens (including phenoxy) is 1. The van der Waals surface area contributed by atoms with Crippen LogP contribution in [0.4, 0.5) is 10.6 Å². The molecule has 1 aliphatic rings. The van der Waals surface area contributed by atoms with E-state index in [1.165, 1.54) is 0 Å². The molecule has 0 saturated carbocycles. The van der Waals surface area contributed by atoms with Crippen LogP contribution < -0.4 is 15.8 Å². The van der Waals surface area contributed by atoms with E-state index >= 15 is 0 Å². The zero-order valence-electron chi connectivity index (χ0n) is 20.0. The molecular weight excluding hydrogens is 448 g/mol. The van der Waals surface area contributed by atoms with E-state index in [2.05, 4.69) is 15.3 Å². The molecule has 4 rings (SSSR count). The first kappa shape index (κ1) is 24.2. The number of anilines is 1. The molecule has 2 amide bonds. The molecule has 0 radical (unpaired) electrons. The normalized spacial score (nSPS) is 14.6. The minimum absolute atomic E-state index is 0.0508. The van der Waals surface area contributed by atoms with Gasteiger partial charge in [-0.05, 0) is 31.5 Å². The van der Waals surface area contributed by atoms with Gasteiger partial charge in [0.25, 0.3) is 5.56 Å². The summed E-state index contributed by atoms with van der Waals surface area (Å²) in [4.78, 5) is 50.7. The van der Waals surface area contributed by atoms with Crippen LogP contribution in [0.2, 0.25) is 0 Å². The fraction of sp³-hybridized carbons (Fsp3) is 0.400. The molecule has 2 aromatic heterocycles. The van der Waals surface area contributed by atoms with E-state index in [4.69, 9.17) is 4.74 Å². The highest BCUT2D eigenvalue weighted by molar-refractivity contribution is 5.77. The number of esters is 1. The van der Waals surface area contributed by atoms with Gasteiger partial charge in [0, 0.05) is 38.9 Å². The highest BCUT2D eigenvalue weighted by atomic mass is 16.5. The maximum absolute atomic E-state index is 13.1. The number of fused-ring (bicyclic) bond motifs is 1. The number of nitrogens with one attached hydrogen (secondary N) is 1. The summed E-state index contributed by atoms with van der Waals surface area (Å²) in [7, 11) is 0. The molecule has 0 bridgehead atoms. The lowest BCUT2D eigenvalue weighted by molar-refractivity contribution is -0.143. The second-order valence-electron chi connectivity index (χ2n) is 8.23. The summed E-state index contributed by atoms with van der Waals surface area (Å²) in [5, 5.41) is 2.98. The smallest absolute Gasteiger partial charge is 0.318 e. The molecule has 1 fully saturated rings. The summed E-state index contributed by atoms with van der Waals surface area (Å²) in [6, 6.07) is 12.3. The molecule has 1 unspecified atom stereocenters. The van der Waals surface area contributed by atoms with Gasteiger partial charge < -0.3 is 19.9 Å². The number of piperazine rings is 1. The van der Waals surface area contributed by atoms with Crippen molar-refractivity contribution >= 4 is 29.0 Å². The highest BCUT2D eigenvalue weighted by Gasteiger charge is 2.27. The van der Waals surface area contributed by atoms with E-state index in [0.717, 1.165) is 5.56 Å². The average molecular weight is 479 g/mol. The van der Waals surface area contributed by atoms with Crippen molar-refractivity contribution in [1.82, 2.24) is 24.8 Å². The number of aryl methyl sites for hydroxylation is 1. The second kappa shape index (κ2) is 11.0. The van der Waals surface area contributed by atoms with E-state index < -0.39 is 6.04 Å². The number of urea groups is 1. The molecule has 1 atom stereocenters. The van der Waals surface area contributed by atoms with Gasteiger partial charge >= 0.3 is 12.0 Å². The van der Waals surface area contributed by atoms with Crippen molar-refractivity contribution in [2.75, 3.05) is 37.7 Å². The van der Waals surface area contributed by atoms with Crippen LogP contribution in [0.3, 0.4) is 0 Å². The van der Waals surface area contributed by atoms with E-state index in [9.17, 15) is 14.4 Å². The van der Waals surface area contributed by atoms with Gasteiger partial charge in [0.15, 0.2) is 11.5 Å². The number of rotatable bonds is 7. The molecule has 0 aliphatic carbocycles. The summed E-state index contributed by atoms with van der Waals surface area (Å²) in [5.41, 5.74) is 1.88. The van der Waals surface area contributed by atoms with Crippen molar-refractivity contribution in [3.05, 3.63) is 64.6 Å². The van der Waals surface area contributed by atoms with Gasteiger partial charge in [0.1, 0.15) is 5.52 Å². The van der Waals surface area contributed by atoms with Crippen LogP contribution in [0.25, 0.3) is 11.2 Å². The van der Waals surface area contributed by atoms with Gasteiger partial charge in [-0.2, -0.15) is 0 Å². The van der Waals surface area contributed by atoms with E-state index in [1.807, 2.05) is 48.2 Å². The molecule has 1 N–H and O–H groups in total. The maximum Gasteiger partial charge on any atom is 0.318 e. The number of carbonyl (C=O) groups excluding carboxylic acids is 2. The molecule has 184 valence electrons. The largest absolute Gasteiger partial charge is 0.466 e. The first-order valence-electron chi connectivity index (χ1n) is 11.9. The van der Waals surface area contributed by atoms with E-state index in [0.29, 0.717) is 49.7 Å². The summed E-state index contributed by atoms with van der Waals surface area (Å²) < 4.78 is 6.71. The third-order valence-electron chi connectivity index (χ3n) is 6.04. The molecule has 1 aromatic carbocycles. The molecule has 10 nitrogen and oxygen atoms in total. The lowest BCUT2D eigenvalue weighted by Gasteiger charge is -2.36. The predicted molar refractivity (Wildman–Crippen MR) is 132 cm³/mol. The van der Waals surface area contributed by atoms with Crippen molar-refractivity contribution < 1.29 is 14.3 Å². The van der Waals surface area contributed by atoms with Crippen molar-refractivity contribution in [3.63, 3.8) is 0 Å². The molecule has 3 aromatic rings.